The Hall–Kier alpha value is -0.940. The van der Waals surface area contributed by atoms with Gasteiger partial charge in [-0.2, -0.15) is 0 Å². The highest BCUT2D eigenvalue weighted by atomic mass is 16.5. The van der Waals surface area contributed by atoms with Crippen molar-refractivity contribution in [1.82, 2.24) is 4.90 Å². The summed E-state index contributed by atoms with van der Waals surface area (Å²) < 4.78 is 5.18. The van der Waals surface area contributed by atoms with Crippen molar-refractivity contribution in [2.24, 2.45) is 11.7 Å². The molecule has 1 rings (SSSR count). The van der Waals surface area contributed by atoms with E-state index in [0.717, 1.165) is 6.42 Å². The zero-order valence-corrected chi connectivity index (χ0v) is 11.4. The van der Waals surface area contributed by atoms with E-state index in [-0.39, 0.29) is 30.4 Å². The maximum atomic E-state index is 11.8. The average molecular weight is 256 g/mol. The summed E-state index contributed by atoms with van der Waals surface area (Å²) in [7, 11) is 0. The molecule has 5 nitrogen and oxygen atoms in total. The normalized spacial score (nSPS) is 19.4. The Morgan fingerprint density at radius 3 is 2.44 bits per heavy atom. The minimum absolute atomic E-state index is 0.00837. The van der Waals surface area contributed by atoms with Gasteiger partial charge in [-0.05, 0) is 5.92 Å². The quantitative estimate of drug-likeness (QED) is 0.754. The molecule has 1 aliphatic rings. The second-order valence-electron chi connectivity index (χ2n) is 4.87. The van der Waals surface area contributed by atoms with E-state index in [0.29, 0.717) is 26.3 Å². The maximum Gasteiger partial charge on any atom is 0.223 e. The minimum atomic E-state index is -0.438. The molecule has 0 aromatic rings. The minimum Gasteiger partial charge on any atom is -0.378 e. The molecule has 18 heavy (non-hydrogen) atoms. The van der Waals surface area contributed by atoms with E-state index in [1.54, 1.807) is 4.90 Å². The number of nitrogens with zero attached hydrogens (tertiary/aromatic N) is 1. The summed E-state index contributed by atoms with van der Waals surface area (Å²) in [4.78, 5) is 25.4. The lowest BCUT2D eigenvalue weighted by Gasteiger charge is -2.27. The van der Waals surface area contributed by atoms with Crippen LogP contribution in [0.4, 0.5) is 0 Å². The van der Waals surface area contributed by atoms with Gasteiger partial charge in [0.2, 0.25) is 5.91 Å². The number of hydrogen-bond acceptors (Lipinski definition) is 4. The van der Waals surface area contributed by atoms with Crippen molar-refractivity contribution in [3.63, 3.8) is 0 Å². The molecule has 0 radical (unpaired) electrons. The highest BCUT2D eigenvalue weighted by Gasteiger charge is 2.22. The number of Topliss-reactive ketones (excluding diaryl/α,β-unsaturated/α-hetero) is 1. The summed E-state index contributed by atoms with van der Waals surface area (Å²) in [5.74, 6) is 0.199. The van der Waals surface area contributed by atoms with Crippen molar-refractivity contribution in [1.29, 1.82) is 0 Å². The molecule has 0 bridgehead atoms. The van der Waals surface area contributed by atoms with Crippen LogP contribution in [0.5, 0.6) is 0 Å². The number of nitrogens with two attached hydrogens (primary N) is 1. The van der Waals surface area contributed by atoms with Crippen LogP contribution in [0.15, 0.2) is 0 Å². The Bertz CT molecular complexity index is 274. The van der Waals surface area contributed by atoms with Crippen molar-refractivity contribution >= 4 is 11.7 Å². The number of morpholine rings is 1. The number of ketones is 1. The highest BCUT2D eigenvalue weighted by Crippen LogP contribution is 2.10. The molecule has 0 aromatic heterocycles. The van der Waals surface area contributed by atoms with E-state index in [1.807, 2.05) is 13.8 Å². The first-order valence-corrected chi connectivity index (χ1v) is 6.70. The van der Waals surface area contributed by atoms with Crippen LogP contribution in [0.1, 0.15) is 33.1 Å². The molecule has 1 saturated heterocycles. The van der Waals surface area contributed by atoms with Gasteiger partial charge in [-0.15, -0.1) is 0 Å². The first-order chi connectivity index (χ1) is 8.56. The molecule has 0 aromatic carbocycles. The van der Waals surface area contributed by atoms with E-state index >= 15 is 0 Å². The molecule has 5 heteroatoms. The Morgan fingerprint density at radius 2 is 1.89 bits per heavy atom. The predicted molar refractivity (Wildman–Crippen MR) is 69.1 cm³/mol. The molecule has 2 N–H and O–H groups in total. The first-order valence-electron chi connectivity index (χ1n) is 6.70. The van der Waals surface area contributed by atoms with Crippen molar-refractivity contribution in [2.75, 3.05) is 26.3 Å². The molecule has 1 heterocycles. The van der Waals surface area contributed by atoms with Crippen molar-refractivity contribution in [3.8, 4) is 0 Å². The fraction of sp³-hybridized carbons (Fsp3) is 0.846. The van der Waals surface area contributed by atoms with E-state index in [1.165, 1.54) is 0 Å². The topological polar surface area (TPSA) is 72.6 Å². The smallest absolute Gasteiger partial charge is 0.223 e. The third-order valence-corrected chi connectivity index (χ3v) is 3.58. The number of carbonyl (C=O) groups is 2. The predicted octanol–water partition coefficient (Wildman–Crippen LogP) is 0.568. The number of ether oxygens (including phenoxy) is 1. The molecule has 1 aliphatic heterocycles. The second-order valence-corrected chi connectivity index (χ2v) is 4.87. The van der Waals surface area contributed by atoms with Gasteiger partial charge in [-0.25, -0.2) is 0 Å². The lowest BCUT2D eigenvalue weighted by Crippen LogP contribution is -2.41. The lowest BCUT2D eigenvalue weighted by molar-refractivity contribution is -0.137. The Kier molecular flexibility index (Phi) is 6.29. The van der Waals surface area contributed by atoms with Crippen molar-refractivity contribution < 1.29 is 14.3 Å². The monoisotopic (exact) mass is 256 g/mol. The molecule has 0 saturated carbocycles. The fourth-order valence-electron chi connectivity index (χ4n) is 1.94. The lowest BCUT2D eigenvalue weighted by atomic mass is 9.94. The van der Waals surface area contributed by atoms with Crippen LogP contribution in [-0.4, -0.2) is 48.9 Å². The maximum absolute atomic E-state index is 11.8. The third-order valence-electron chi connectivity index (χ3n) is 3.58. The fourth-order valence-corrected chi connectivity index (χ4v) is 1.94. The van der Waals surface area contributed by atoms with Crippen LogP contribution in [0.3, 0.4) is 0 Å². The zero-order chi connectivity index (χ0) is 13.5. The molecular weight excluding hydrogens is 232 g/mol. The van der Waals surface area contributed by atoms with Gasteiger partial charge in [0.15, 0.2) is 0 Å². The summed E-state index contributed by atoms with van der Waals surface area (Å²) >= 11 is 0. The van der Waals surface area contributed by atoms with E-state index in [9.17, 15) is 9.59 Å². The average Bonchev–Trinajstić information content (AvgIpc) is 2.43. The van der Waals surface area contributed by atoms with Crippen LogP contribution in [0.25, 0.3) is 0 Å². The summed E-state index contributed by atoms with van der Waals surface area (Å²) in [6.45, 7) is 6.41. The number of amides is 1. The van der Waals surface area contributed by atoms with Gasteiger partial charge in [-0.1, -0.05) is 20.3 Å². The van der Waals surface area contributed by atoms with Crippen molar-refractivity contribution in [3.05, 3.63) is 0 Å². The van der Waals surface area contributed by atoms with E-state index in [2.05, 4.69) is 0 Å². The number of rotatable bonds is 6. The van der Waals surface area contributed by atoms with Gasteiger partial charge in [0.1, 0.15) is 5.78 Å². The van der Waals surface area contributed by atoms with Crippen LogP contribution < -0.4 is 5.73 Å². The molecule has 1 fully saturated rings. The standard InChI is InChI=1S/C13H24N2O3/c1-3-10(2)13(14)11(16)4-5-12(17)15-6-8-18-9-7-15/h10,13H,3-9,14H2,1-2H3. The molecule has 2 unspecified atom stereocenters. The van der Waals surface area contributed by atoms with E-state index < -0.39 is 6.04 Å². The number of hydrogen-bond donors (Lipinski definition) is 1. The SMILES string of the molecule is CCC(C)C(N)C(=O)CCC(=O)N1CCOCC1. The molecule has 0 aliphatic carbocycles. The Labute approximate surface area is 109 Å². The van der Waals surface area contributed by atoms with Gasteiger partial charge in [0.25, 0.3) is 0 Å². The largest absolute Gasteiger partial charge is 0.378 e. The summed E-state index contributed by atoms with van der Waals surface area (Å²) in [5, 5.41) is 0. The van der Waals surface area contributed by atoms with Gasteiger partial charge in [0.05, 0.1) is 19.3 Å². The van der Waals surface area contributed by atoms with Gasteiger partial charge in [0, 0.05) is 25.9 Å². The van der Waals surface area contributed by atoms with Gasteiger partial charge in [-0.3, -0.25) is 9.59 Å². The number of carbonyl (C=O) groups excluding carboxylic acids is 2. The summed E-state index contributed by atoms with van der Waals surface area (Å²) in [6, 6.07) is -0.438. The highest BCUT2D eigenvalue weighted by molar-refractivity contribution is 5.88. The second kappa shape index (κ2) is 7.48. The van der Waals surface area contributed by atoms with Gasteiger partial charge >= 0.3 is 0 Å². The zero-order valence-electron chi connectivity index (χ0n) is 11.4. The Morgan fingerprint density at radius 1 is 1.28 bits per heavy atom. The summed E-state index contributed by atoms with van der Waals surface area (Å²) in [6.07, 6.45) is 1.40. The molecular formula is C13H24N2O3. The Balaban J connectivity index is 2.31. The van der Waals surface area contributed by atoms with Crippen LogP contribution in [0, 0.1) is 5.92 Å². The molecule has 0 spiro atoms. The molecule has 104 valence electrons. The first kappa shape index (κ1) is 15.1. The van der Waals surface area contributed by atoms with Crippen LogP contribution in [0.2, 0.25) is 0 Å². The van der Waals surface area contributed by atoms with Crippen LogP contribution >= 0.6 is 0 Å². The van der Waals surface area contributed by atoms with Gasteiger partial charge < -0.3 is 15.4 Å². The summed E-state index contributed by atoms with van der Waals surface area (Å²) in [5.41, 5.74) is 5.84. The van der Waals surface area contributed by atoms with Crippen molar-refractivity contribution in [2.45, 2.75) is 39.2 Å². The van der Waals surface area contributed by atoms with E-state index in [4.69, 9.17) is 10.5 Å². The third kappa shape index (κ3) is 4.38. The molecule has 1 amide bonds. The molecule has 2 atom stereocenters. The van der Waals surface area contributed by atoms with Crippen LogP contribution in [-0.2, 0) is 14.3 Å².